The Morgan fingerprint density at radius 1 is 1.06 bits per heavy atom. The lowest BCUT2D eigenvalue weighted by atomic mass is 9.57. The molecule has 0 aromatic rings. The molecule has 1 amide bonds. The summed E-state index contributed by atoms with van der Waals surface area (Å²) in [6, 6.07) is 0.240. The summed E-state index contributed by atoms with van der Waals surface area (Å²) in [6.45, 7) is 9.97. The molecule has 4 fully saturated rings. The molecule has 4 rings (SSSR count). The number of carbonyl (C=O) groups excluding carboxylic acids is 2. The van der Waals surface area contributed by atoms with Gasteiger partial charge in [0, 0.05) is 12.0 Å². The van der Waals surface area contributed by atoms with Gasteiger partial charge in [-0.05, 0) is 84.5 Å². The maximum Gasteiger partial charge on any atom is 0.411 e. The smallest absolute Gasteiger partial charge is 0.411 e. The minimum Gasteiger partial charge on any atom is -0.462 e. The molecular formula is C26H41NO4. The molecule has 2 saturated heterocycles. The lowest BCUT2D eigenvalue weighted by Gasteiger charge is -2.46. The lowest BCUT2D eigenvalue weighted by molar-refractivity contribution is -0.144. The summed E-state index contributed by atoms with van der Waals surface area (Å²) in [5.41, 5.74) is -0.495. The Labute approximate surface area is 187 Å². The van der Waals surface area contributed by atoms with E-state index in [1.807, 2.05) is 25.7 Å². The Hall–Kier alpha value is -1.52. The van der Waals surface area contributed by atoms with Gasteiger partial charge in [-0.15, -0.1) is 0 Å². The number of amides is 1. The third-order valence-corrected chi connectivity index (χ3v) is 8.19. The SMILES string of the molecule is C[C@@H]1OC(=O)[C@H]2C[C@H]3CCCC[C@@H]3[C@@H](/C=C/[C@@H]3CCC[C@H](C)N3C(=O)OC(C)(C)C)[C@@H]12. The molecule has 174 valence electrons. The van der Waals surface area contributed by atoms with E-state index in [0.29, 0.717) is 17.8 Å². The first kappa shape index (κ1) is 22.7. The number of ether oxygens (including phenoxy) is 2. The normalized spacial score (nSPS) is 40.9. The van der Waals surface area contributed by atoms with Gasteiger partial charge in [0.15, 0.2) is 0 Å². The summed E-state index contributed by atoms with van der Waals surface area (Å²) in [5, 5.41) is 0. The Kier molecular flexibility index (Phi) is 6.42. The molecule has 5 heteroatoms. The molecule has 0 unspecified atom stereocenters. The van der Waals surface area contributed by atoms with Crippen LogP contribution >= 0.6 is 0 Å². The maximum atomic E-state index is 13.0. The number of allylic oxidation sites excluding steroid dienone is 1. The second kappa shape index (κ2) is 8.78. The summed E-state index contributed by atoms with van der Waals surface area (Å²) in [7, 11) is 0. The largest absolute Gasteiger partial charge is 0.462 e. The van der Waals surface area contributed by atoms with E-state index in [9.17, 15) is 9.59 Å². The molecule has 0 aromatic heterocycles. The molecule has 0 aromatic carbocycles. The number of nitrogens with zero attached hydrogens (tertiary/aromatic N) is 1. The van der Waals surface area contributed by atoms with Gasteiger partial charge in [-0.2, -0.15) is 0 Å². The van der Waals surface area contributed by atoms with Crippen LogP contribution in [0.2, 0.25) is 0 Å². The van der Waals surface area contributed by atoms with Crippen molar-refractivity contribution >= 4 is 12.1 Å². The summed E-state index contributed by atoms with van der Waals surface area (Å²) in [5.74, 6) is 1.98. The second-order valence-electron chi connectivity index (χ2n) is 11.5. The van der Waals surface area contributed by atoms with Crippen molar-refractivity contribution in [3.05, 3.63) is 12.2 Å². The van der Waals surface area contributed by atoms with Crippen LogP contribution in [0.4, 0.5) is 4.79 Å². The highest BCUT2D eigenvalue weighted by molar-refractivity contribution is 5.75. The predicted octanol–water partition coefficient (Wildman–Crippen LogP) is 5.72. The first-order valence-electron chi connectivity index (χ1n) is 12.6. The van der Waals surface area contributed by atoms with Gasteiger partial charge in [0.05, 0.1) is 12.0 Å². The quantitative estimate of drug-likeness (QED) is 0.414. The zero-order valence-electron chi connectivity index (χ0n) is 20.0. The van der Waals surface area contributed by atoms with Crippen LogP contribution < -0.4 is 0 Å². The van der Waals surface area contributed by atoms with E-state index in [0.717, 1.165) is 25.7 Å². The molecule has 2 saturated carbocycles. The van der Waals surface area contributed by atoms with Crippen molar-refractivity contribution in [2.75, 3.05) is 0 Å². The van der Waals surface area contributed by atoms with Crippen LogP contribution in [0.3, 0.4) is 0 Å². The lowest BCUT2D eigenvalue weighted by Crippen LogP contribution is -2.50. The van der Waals surface area contributed by atoms with E-state index in [1.54, 1.807) is 0 Å². The number of fused-ring (bicyclic) bond motifs is 2. The predicted molar refractivity (Wildman–Crippen MR) is 120 cm³/mol. The van der Waals surface area contributed by atoms with Crippen molar-refractivity contribution < 1.29 is 19.1 Å². The molecule has 2 aliphatic heterocycles. The van der Waals surface area contributed by atoms with Crippen LogP contribution in [0.5, 0.6) is 0 Å². The third kappa shape index (κ3) is 4.66. The fourth-order valence-corrected chi connectivity index (χ4v) is 6.89. The monoisotopic (exact) mass is 431 g/mol. The molecule has 4 aliphatic rings. The van der Waals surface area contributed by atoms with Gasteiger partial charge in [-0.25, -0.2) is 4.79 Å². The van der Waals surface area contributed by atoms with Crippen LogP contribution in [0.25, 0.3) is 0 Å². The molecule has 2 heterocycles. The van der Waals surface area contributed by atoms with E-state index < -0.39 is 5.60 Å². The van der Waals surface area contributed by atoms with Gasteiger partial charge in [-0.1, -0.05) is 31.4 Å². The number of esters is 1. The molecule has 0 N–H and O–H groups in total. The maximum absolute atomic E-state index is 13.0. The number of hydrogen-bond donors (Lipinski definition) is 0. The number of rotatable bonds is 2. The molecule has 31 heavy (non-hydrogen) atoms. The average Bonchev–Trinajstić information content (AvgIpc) is 2.97. The number of carbonyl (C=O) groups is 2. The van der Waals surface area contributed by atoms with Crippen LogP contribution in [-0.2, 0) is 14.3 Å². The van der Waals surface area contributed by atoms with Gasteiger partial charge in [-0.3, -0.25) is 9.69 Å². The molecular weight excluding hydrogens is 390 g/mol. The van der Waals surface area contributed by atoms with Crippen molar-refractivity contribution in [3.8, 4) is 0 Å². The standard InChI is InChI=1S/C26H41NO4/c1-16-9-8-11-19(27(16)25(29)31-26(3,4)5)13-14-21-20-12-7-6-10-18(20)15-22-23(21)17(2)30-24(22)28/h13-14,16-23H,6-12,15H2,1-5H3/b14-13+/t16-,17-,18+,19-,20-,21+,22-,23+/m0/s1. The van der Waals surface area contributed by atoms with E-state index >= 15 is 0 Å². The highest BCUT2D eigenvalue weighted by atomic mass is 16.6. The second-order valence-corrected chi connectivity index (χ2v) is 11.5. The highest BCUT2D eigenvalue weighted by Crippen LogP contribution is 2.53. The first-order valence-corrected chi connectivity index (χ1v) is 12.6. The topological polar surface area (TPSA) is 55.8 Å². The van der Waals surface area contributed by atoms with E-state index in [4.69, 9.17) is 9.47 Å². The van der Waals surface area contributed by atoms with E-state index in [1.165, 1.54) is 25.7 Å². The summed E-state index contributed by atoms with van der Waals surface area (Å²) in [6.07, 6.45) is 13.6. The zero-order valence-corrected chi connectivity index (χ0v) is 20.0. The van der Waals surface area contributed by atoms with Crippen molar-refractivity contribution in [2.45, 2.75) is 110 Å². The van der Waals surface area contributed by atoms with Crippen molar-refractivity contribution in [1.82, 2.24) is 4.90 Å². The summed E-state index contributed by atoms with van der Waals surface area (Å²) in [4.78, 5) is 27.5. The zero-order chi connectivity index (χ0) is 22.3. The number of hydrogen-bond acceptors (Lipinski definition) is 4. The van der Waals surface area contributed by atoms with Crippen molar-refractivity contribution in [2.24, 2.45) is 29.6 Å². The first-order chi connectivity index (χ1) is 14.7. The molecule has 0 bridgehead atoms. The molecule has 0 radical (unpaired) electrons. The van der Waals surface area contributed by atoms with Crippen LogP contribution in [0.15, 0.2) is 12.2 Å². The van der Waals surface area contributed by atoms with Gasteiger partial charge in [0.2, 0.25) is 0 Å². The Bertz CT molecular complexity index is 711. The minimum absolute atomic E-state index is 0.0118. The minimum atomic E-state index is -0.495. The number of cyclic esters (lactones) is 1. The molecule has 0 spiro atoms. The Balaban J connectivity index is 1.57. The Morgan fingerprint density at radius 2 is 1.81 bits per heavy atom. The third-order valence-electron chi connectivity index (χ3n) is 8.19. The van der Waals surface area contributed by atoms with Crippen LogP contribution in [0.1, 0.15) is 86.0 Å². The molecule has 2 aliphatic carbocycles. The number of piperidine rings is 1. The fraction of sp³-hybridized carbons (Fsp3) is 0.846. The van der Waals surface area contributed by atoms with Crippen molar-refractivity contribution in [3.63, 3.8) is 0 Å². The summed E-state index contributed by atoms with van der Waals surface area (Å²) < 4.78 is 11.5. The average molecular weight is 432 g/mol. The fourth-order valence-electron chi connectivity index (χ4n) is 6.89. The van der Waals surface area contributed by atoms with Gasteiger partial charge >= 0.3 is 12.1 Å². The van der Waals surface area contributed by atoms with E-state index in [2.05, 4.69) is 26.0 Å². The highest BCUT2D eigenvalue weighted by Gasteiger charge is 2.53. The van der Waals surface area contributed by atoms with Gasteiger partial charge in [0.25, 0.3) is 0 Å². The van der Waals surface area contributed by atoms with Crippen molar-refractivity contribution in [1.29, 1.82) is 0 Å². The molecule has 5 nitrogen and oxygen atoms in total. The van der Waals surface area contributed by atoms with E-state index in [-0.39, 0.29) is 42.1 Å². The van der Waals surface area contributed by atoms with Crippen LogP contribution in [-0.4, -0.2) is 40.8 Å². The van der Waals surface area contributed by atoms with Gasteiger partial charge < -0.3 is 9.47 Å². The van der Waals surface area contributed by atoms with Gasteiger partial charge in [0.1, 0.15) is 11.7 Å². The Morgan fingerprint density at radius 3 is 2.55 bits per heavy atom. The number of likely N-dealkylation sites (tertiary alicyclic amines) is 1. The van der Waals surface area contributed by atoms with Crippen LogP contribution in [0, 0.1) is 29.6 Å². The molecule has 8 atom stereocenters. The summed E-state index contributed by atoms with van der Waals surface area (Å²) >= 11 is 0.